The van der Waals surface area contributed by atoms with E-state index in [0.29, 0.717) is 38.6 Å². The summed E-state index contributed by atoms with van der Waals surface area (Å²) in [5.74, 6) is -0.323. The highest BCUT2D eigenvalue weighted by Crippen LogP contribution is 2.12. The predicted octanol–water partition coefficient (Wildman–Crippen LogP) is 6.98. The first-order valence-corrected chi connectivity index (χ1v) is 13.3. The summed E-state index contributed by atoms with van der Waals surface area (Å²) in [6.45, 7) is 5.95. The van der Waals surface area contributed by atoms with Crippen LogP contribution in [0.4, 0.5) is 0 Å². The third kappa shape index (κ3) is 19.7. The number of benzene rings is 1. The van der Waals surface area contributed by atoms with Gasteiger partial charge in [0.25, 0.3) is 0 Å². The van der Waals surface area contributed by atoms with Gasteiger partial charge in [0.2, 0.25) is 0 Å². The van der Waals surface area contributed by atoms with Crippen molar-refractivity contribution < 1.29 is 23.7 Å². The summed E-state index contributed by atoms with van der Waals surface area (Å²) >= 11 is 0. The van der Waals surface area contributed by atoms with Crippen molar-refractivity contribution in [3.8, 4) is 0 Å². The van der Waals surface area contributed by atoms with Crippen LogP contribution in [0.5, 0.6) is 0 Å². The first-order valence-electron chi connectivity index (χ1n) is 13.3. The molecule has 0 fully saturated rings. The van der Waals surface area contributed by atoms with E-state index >= 15 is 0 Å². The zero-order valence-corrected chi connectivity index (χ0v) is 21.1. The van der Waals surface area contributed by atoms with Crippen molar-refractivity contribution in [3.05, 3.63) is 35.9 Å². The Hall–Kier alpha value is -1.43. The van der Waals surface area contributed by atoms with Crippen molar-refractivity contribution >= 4 is 5.97 Å². The number of unbranched alkanes of at least 4 members (excludes halogenated alkanes) is 12. The predicted molar refractivity (Wildman–Crippen MR) is 135 cm³/mol. The molecule has 1 rings (SSSR count). The molecule has 0 amide bonds. The summed E-state index contributed by atoms with van der Waals surface area (Å²) in [5.41, 5.74) is 0.555. The molecule has 0 atom stereocenters. The molecular weight excluding hydrogens is 416 g/mol. The molecule has 33 heavy (non-hydrogen) atoms. The van der Waals surface area contributed by atoms with Gasteiger partial charge in [-0.2, -0.15) is 0 Å². The van der Waals surface area contributed by atoms with Crippen LogP contribution in [0, 0.1) is 0 Å². The number of ether oxygens (including phenoxy) is 4. The van der Waals surface area contributed by atoms with Gasteiger partial charge >= 0.3 is 5.97 Å². The van der Waals surface area contributed by atoms with E-state index in [1.54, 1.807) is 12.1 Å². The lowest BCUT2D eigenvalue weighted by Crippen LogP contribution is -2.14. The standard InChI is InChI=1S/C28H48O5/c1-2-3-4-5-6-7-8-9-10-11-12-13-17-20-30-21-22-31-23-24-32-25-26-33-28(29)27-18-15-14-16-19-27/h14-16,18-19H,2-13,17,20-26H2,1H3. The smallest absolute Gasteiger partial charge is 0.338 e. The lowest BCUT2D eigenvalue weighted by atomic mass is 10.0. The average molecular weight is 465 g/mol. The van der Waals surface area contributed by atoms with Gasteiger partial charge in [-0.3, -0.25) is 0 Å². The van der Waals surface area contributed by atoms with Crippen LogP contribution in [0.3, 0.4) is 0 Å². The van der Waals surface area contributed by atoms with Crippen LogP contribution >= 0.6 is 0 Å². The monoisotopic (exact) mass is 464 g/mol. The summed E-state index contributed by atoms with van der Waals surface area (Å²) in [7, 11) is 0. The van der Waals surface area contributed by atoms with Gasteiger partial charge in [-0.25, -0.2) is 4.79 Å². The van der Waals surface area contributed by atoms with Crippen LogP contribution < -0.4 is 0 Å². The Morgan fingerprint density at radius 1 is 0.545 bits per heavy atom. The number of carbonyl (C=O) groups excluding carboxylic acids is 1. The topological polar surface area (TPSA) is 54.0 Å². The molecule has 0 spiro atoms. The number of hydrogen-bond acceptors (Lipinski definition) is 5. The number of rotatable bonds is 24. The van der Waals surface area contributed by atoms with Crippen molar-refractivity contribution in [1.82, 2.24) is 0 Å². The van der Waals surface area contributed by atoms with E-state index in [2.05, 4.69) is 6.92 Å². The van der Waals surface area contributed by atoms with Crippen LogP contribution in [0.25, 0.3) is 0 Å². The first-order chi connectivity index (χ1) is 16.3. The third-order valence-corrected chi connectivity index (χ3v) is 5.61. The molecule has 0 radical (unpaired) electrons. The molecule has 0 N–H and O–H groups in total. The summed E-state index contributed by atoms with van der Waals surface area (Å²) < 4.78 is 21.7. The summed E-state index contributed by atoms with van der Waals surface area (Å²) in [6.07, 6.45) is 17.8. The maximum absolute atomic E-state index is 11.7. The van der Waals surface area contributed by atoms with Crippen LogP contribution in [0.1, 0.15) is 101 Å². The minimum atomic E-state index is -0.323. The summed E-state index contributed by atoms with van der Waals surface area (Å²) in [5, 5.41) is 0. The second-order valence-electron chi connectivity index (χ2n) is 8.58. The maximum atomic E-state index is 11.7. The second-order valence-corrected chi connectivity index (χ2v) is 8.58. The highest BCUT2D eigenvalue weighted by molar-refractivity contribution is 5.89. The van der Waals surface area contributed by atoms with E-state index in [9.17, 15) is 4.79 Å². The van der Waals surface area contributed by atoms with Crippen molar-refractivity contribution in [2.24, 2.45) is 0 Å². The summed E-state index contributed by atoms with van der Waals surface area (Å²) in [6, 6.07) is 8.96. The molecule has 0 unspecified atom stereocenters. The second kappa shape index (κ2) is 23.7. The lowest BCUT2D eigenvalue weighted by Gasteiger charge is -2.08. The Bertz CT molecular complexity index is 534. The molecule has 5 nitrogen and oxygen atoms in total. The Morgan fingerprint density at radius 2 is 0.970 bits per heavy atom. The number of carbonyl (C=O) groups is 1. The molecule has 190 valence electrons. The fourth-order valence-electron chi connectivity index (χ4n) is 3.61. The van der Waals surface area contributed by atoms with Crippen molar-refractivity contribution in [3.63, 3.8) is 0 Å². The van der Waals surface area contributed by atoms with Gasteiger partial charge in [-0.05, 0) is 18.6 Å². The molecule has 0 aliphatic rings. The van der Waals surface area contributed by atoms with Crippen LogP contribution in [-0.2, 0) is 18.9 Å². The fraction of sp³-hybridized carbons (Fsp3) is 0.750. The largest absolute Gasteiger partial charge is 0.460 e. The van der Waals surface area contributed by atoms with Crippen LogP contribution in [0.15, 0.2) is 30.3 Å². The molecule has 1 aromatic rings. The van der Waals surface area contributed by atoms with Gasteiger partial charge in [0.05, 0.1) is 38.6 Å². The highest BCUT2D eigenvalue weighted by atomic mass is 16.6. The molecule has 0 aliphatic carbocycles. The lowest BCUT2D eigenvalue weighted by molar-refractivity contribution is 0.000184. The van der Waals surface area contributed by atoms with Crippen molar-refractivity contribution in [2.45, 2.75) is 90.4 Å². The van der Waals surface area contributed by atoms with Crippen molar-refractivity contribution in [1.29, 1.82) is 0 Å². The molecule has 0 bridgehead atoms. The zero-order valence-electron chi connectivity index (χ0n) is 21.1. The van der Waals surface area contributed by atoms with Gasteiger partial charge in [0.1, 0.15) is 6.61 Å². The maximum Gasteiger partial charge on any atom is 0.338 e. The summed E-state index contributed by atoms with van der Waals surface area (Å²) in [4.78, 5) is 11.7. The highest BCUT2D eigenvalue weighted by Gasteiger charge is 2.05. The molecular formula is C28H48O5. The third-order valence-electron chi connectivity index (χ3n) is 5.61. The SMILES string of the molecule is CCCCCCCCCCCCCCCOCCOCCOCCOC(=O)c1ccccc1. The molecule has 0 saturated carbocycles. The van der Waals surface area contributed by atoms with Gasteiger partial charge < -0.3 is 18.9 Å². The fourth-order valence-corrected chi connectivity index (χ4v) is 3.61. The van der Waals surface area contributed by atoms with E-state index in [1.165, 1.54) is 77.0 Å². The Balaban J connectivity index is 1.69. The molecule has 5 heteroatoms. The molecule has 1 aromatic carbocycles. The minimum Gasteiger partial charge on any atom is -0.460 e. The van der Waals surface area contributed by atoms with E-state index in [4.69, 9.17) is 18.9 Å². The molecule has 0 aromatic heterocycles. The normalized spacial score (nSPS) is 11.1. The van der Waals surface area contributed by atoms with Gasteiger partial charge in [0.15, 0.2) is 0 Å². The molecule has 0 aliphatic heterocycles. The van der Waals surface area contributed by atoms with E-state index < -0.39 is 0 Å². The number of hydrogen-bond donors (Lipinski definition) is 0. The van der Waals surface area contributed by atoms with E-state index in [1.807, 2.05) is 18.2 Å². The number of esters is 1. The minimum absolute atomic E-state index is 0.246. The van der Waals surface area contributed by atoms with Gasteiger partial charge in [0, 0.05) is 6.61 Å². The zero-order chi connectivity index (χ0) is 23.7. The van der Waals surface area contributed by atoms with E-state index in [-0.39, 0.29) is 12.6 Å². The quantitative estimate of drug-likeness (QED) is 0.122. The van der Waals surface area contributed by atoms with Crippen LogP contribution in [-0.4, -0.2) is 52.2 Å². The molecule has 0 heterocycles. The Labute approximate surface area is 202 Å². The van der Waals surface area contributed by atoms with Crippen LogP contribution in [0.2, 0.25) is 0 Å². The van der Waals surface area contributed by atoms with Crippen molar-refractivity contribution in [2.75, 3.05) is 46.2 Å². The van der Waals surface area contributed by atoms with Gasteiger partial charge in [-0.1, -0.05) is 102 Å². The van der Waals surface area contributed by atoms with Gasteiger partial charge in [-0.15, -0.1) is 0 Å². The van der Waals surface area contributed by atoms with E-state index in [0.717, 1.165) is 13.0 Å². The molecule has 0 saturated heterocycles. The first kappa shape index (κ1) is 29.6. The average Bonchev–Trinajstić information content (AvgIpc) is 2.85. The Morgan fingerprint density at radius 3 is 1.48 bits per heavy atom. The Kier molecular flexibility index (Phi) is 21.3.